The third kappa shape index (κ3) is 4.11. The molecule has 6 nitrogen and oxygen atoms in total. The average molecular weight is 603 g/mol. The van der Waals surface area contributed by atoms with Crippen molar-refractivity contribution < 1.29 is 67.7 Å². The van der Waals surface area contributed by atoms with Crippen LogP contribution in [0.25, 0.3) is 0 Å². The molecule has 2 aliphatic carbocycles. The minimum Gasteiger partial charge on any atom is -0.481 e. The molecule has 2 heterocycles. The Balaban J connectivity index is 1.58. The summed E-state index contributed by atoms with van der Waals surface area (Å²) in [4.78, 5) is 25.9. The van der Waals surface area contributed by atoms with E-state index < -0.39 is 71.2 Å². The Hall–Kier alpha value is -3.30. The molecule has 0 saturated carbocycles. The first-order valence-electron chi connectivity index (χ1n) is 12.1. The van der Waals surface area contributed by atoms with Crippen molar-refractivity contribution in [3.8, 4) is 11.5 Å². The normalized spacial score (nSPS) is 28.9. The van der Waals surface area contributed by atoms with Gasteiger partial charge >= 0.3 is 36.1 Å². The monoisotopic (exact) mass is 603 g/mol. The number of rotatable bonds is 6. The summed E-state index contributed by atoms with van der Waals surface area (Å²) in [7, 11) is 0. The SMILES string of the molecule is C=CCN1CCC23c4c5ccc(OC(=O)C(F)(F)C(F)(F)F)c4OC2C(OC(=O)C(F)(F)C(F)(F)F)C=CC3C1C5. The van der Waals surface area contributed by atoms with Crippen molar-refractivity contribution in [1.29, 1.82) is 0 Å². The van der Waals surface area contributed by atoms with Gasteiger partial charge in [-0.1, -0.05) is 18.2 Å². The Morgan fingerprint density at radius 3 is 2.24 bits per heavy atom. The molecule has 2 aliphatic heterocycles. The smallest absolute Gasteiger partial charge is 0.465 e. The maximum absolute atomic E-state index is 13.7. The Morgan fingerprint density at radius 2 is 1.63 bits per heavy atom. The first-order chi connectivity index (χ1) is 18.9. The number of halogens is 10. The number of hydrogen-bond donors (Lipinski definition) is 0. The molecule has 5 unspecified atom stereocenters. The van der Waals surface area contributed by atoms with Gasteiger partial charge in [0, 0.05) is 29.5 Å². The van der Waals surface area contributed by atoms with Gasteiger partial charge in [0.1, 0.15) is 6.10 Å². The van der Waals surface area contributed by atoms with Crippen LogP contribution in [-0.4, -0.2) is 72.4 Å². The van der Waals surface area contributed by atoms with Crippen LogP contribution < -0.4 is 9.47 Å². The number of carbonyl (C=O) groups is 2. The molecular weight excluding hydrogens is 584 g/mol. The molecule has 0 N–H and O–H groups in total. The van der Waals surface area contributed by atoms with Crippen LogP contribution in [0.5, 0.6) is 11.5 Å². The van der Waals surface area contributed by atoms with E-state index in [0.29, 0.717) is 18.7 Å². The molecule has 0 aromatic heterocycles. The molecule has 0 radical (unpaired) electrons. The number of ether oxygens (including phenoxy) is 3. The van der Waals surface area contributed by atoms with E-state index in [2.05, 4.69) is 16.1 Å². The van der Waals surface area contributed by atoms with E-state index in [4.69, 9.17) is 4.74 Å². The van der Waals surface area contributed by atoms with Crippen LogP contribution in [-0.2, 0) is 26.2 Å². The molecule has 16 heteroatoms. The molecule has 5 atom stereocenters. The van der Waals surface area contributed by atoms with Crippen LogP contribution in [0, 0.1) is 5.92 Å². The lowest BCUT2D eigenvalue weighted by Crippen LogP contribution is -2.66. The fraction of sp³-hybridized carbons (Fsp3) is 0.520. The molecule has 4 aliphatic rings. The topological polar surface area (TPSA) is 65.1 Å². The zero-order valence-corrected chi connectivity index (χ0v) is 20.5. The van der Waals surface area contributed by atoms with Gasteiger partial charge in [-0.2, -0.15) is 43.9 Å². The van der Waals surface area contributed by atoms with E-state index in [1.165, 1.54) is 12.1 Å². The summed E-state index contributed by atoms with van der Waals surface area (Å²) in [6.07, 6.45) is -11.3. The lowest BCUT2D eigenvalue weighted by molar-refractivity contribution is -0.283. The van der Waals surface area contributed by atoms with Gasteiger partial charge in [0.2, 0.25) is 0 Å². The standard InChI is InChI=1S/C25H19F10NO5/c1-2-8-36-9-7-21-12-4-6-15(40-20(38)23(28,29)25(33,34)35)18(21)41-17-14(5-3-11(16(17)21)10-13(12)36)39-19(37)22(26,27)24(30,31)32/h2-6,12-13,15,18H,1,7-10H2. The molecule has 41 heavy (non-hydrogen) atoms. The predicted molar refractivity (Wildman–Crippen MR) is 117 cm³/mol. The van der Waals surface area contributed by atoms with Crippen molar-refractivity contribution in [3.05, 3.63) is 48.1 Å². The van der Waals surface area contributed by atoms with Crippen LogP contribution in [0.15, 0.2) is 36.9 Å². The molecule has 1 aromatic rings. The Bertz CT molecular complexity index is 1320. The second-order valence-electron chi connectivity index (χ2n) is 10.1. The lowest BCUT2D eigenvalue weighted by atomic mass is 9.53. The van der Waals surface area contributed by atoms with E-state index in [-0.39, 0.29) is 24.4 Å². The van der Waals surface area contributed by atoms with Crippen LogP contribution in [0.3, 0.4) is 0 Å². The van der Waals surface area contributed by atoms with Gasteiger partial charge in [-0.25, -0.2) is 9.59 Å². The molecule has 1 spiro atoms. The first kappa shape index (κ1) is 29.2. The average Bonchev–Trinajstić information content (AvgIpc) is 3.21. The van der Waals surface area contributed by atoms with Crippen molar-refractivity contribution in [2.75, 3.05) is 13.1 Å². The third-order valence-electron chi connectivity index (χ3n) is 7.99. The van der Waals surface area contributed by atoms with Gasteiger partial charge in [0.25, 0.3) is 0 Å². The fourth-order valence-electron chi connectivity index (χ4n) is 6.27. The Labute approximate surface area is 224 Å². The lowest BCUT2D eigenvalue weighted by Gasteiger charge is -2.57. The highest BCUT2D eigenvalue weighted by Crippen LogP contribution is 2.63. The van der Waals surface area contributed by atoms with Crippen molar-refractivity contribution in [3.63, 3.8) is 0 Å². The summed E-state index contributed by atoms with van der Waals surface area (Å²) in [5.74, 6) is -19.5. The molecular formula is C25H19F10NO5. The second kappa shape index (κ2) is 9.10. The van der Waals surface area contributed by atoms with Crippen LogP contribution in [0.4, 0.5) is 43.9 Å². The highest BCUT2D eigenvalue weighted by molar-refractivity contribution is 5.82. The molecule has 2 bridgehead atoms. The van der Waals surface area contributed by atoms with Crippen molar-refractivity contribution >= 4 is 11.9 Å². The first-order valence-corrected chi connectivity index (χ1v) is 12.1. The number of nitrogens with zero attached hydrogens (tertiary/aromatic N) is 1. The molecule has 1 saturated heterocycles. The largest absolute Gasteiger partial charge is 0.481 e. The summed E-state index contributed by atoms with van der Waals surface area (Å²) in [6, 6.07) is 1.93. The van der Waals surface area contributed by atoms with Crippen LogP contribution in [0.2, 0.25) is 0 Å². The van der Waals surface area contributed by atoms with Crippen LogP contribution >= 0.6 is 0 Å². The highest BCUT2D eigenvalue weighted by Gasteiger charge is 2.69. The highest BCUT2D eigenvalue weighted by atomic mass is 19.4. The molecule has 0 amide bonds. The third-order valence-corrected chi connectivity index (χ3v) is 7.99. The number of alkyl halides is 10. The molecule has 224 valence electrons. The van der Waals surface area contributed by atoms with E-state index in [1.807, 2.05) is 4.90 Å². The minimum absolute atomic E-state index is 0.122. The summed E-state index contributed by atoms with van der Waals surface area (Å²) in [6.45, 7) is 4.42. The van der Waals surface area contributed by atoms with Gasteiger partial charge in [-0.3, -0.25) is 4.90 Å². The molecule has 1 fully saturated rings. The molecule has 1 aromatic carbocycles. The van der Waals surface area contributed by atoms with E-state index in [0.717, 1.165) is 12.1 Å². The maximum atomic E-state index is 13.7. The van der Waals surface area contributed by atoms with Crippen LogP contribution in [0.1, 0.15) is 17.5 Å². The number of benzene rings is 1. The maximum Gasteiger partial charge on any atom is 0.465 e. The van der Waals surface area contributed by atoms with Gasteiger partial charge < -0.3 is 14.2 Å². The summed E-state index contributed by atoms with van der Waals surface area (Å²) >= 11 is 0. The number of likely N-dealkylation sites (tertiary alicyclic amines) is 1. The zero-order chi connectivity index (χ0) is 30.3. The van der Waals surface area contributed by atoms with Crippen molar-refractivity contribution in [2.45, 2.75) is 60.7 Å². The quantitative estimate of drug-likeness (QED) is 0.200. The summed E-state index contributed by atoms with van der Waals surface area (Å²) in [5.41, 5.74) is -0.607. The van der Waals surface area contributed by atoms with E-state index in [9.17, 15) is 53.5 Å². The Kier molecular flexibility index (Phi) is 6.48. The van der Waals surface area contributed by atoms with Gasteiger partial charge in [0.05, 0.1) is 0 Å². The second-order valence-corrected chi connectivity index (χ2v) is 10.1. The van der Waals surface area contributed by atoms with E-state index >= 15 is 0 Å². The summed E-state index contributed by atoms with van der Waals surface area (Å²) < 4.78 is 146. The number of esters is 2. The zero-order valence-electron chi connectivity index (χ0n) is 20.5. The van der Waals surface area contributed by atoms with Crippen molar-refractivity contribution in [1.82, 2.24) is 4.90 Å². The van der Waals surface area contributed by atoms with Gasteiger partial charge in [-0.15, -0.1) is 6.58 Å². The Morgan fingerprint density at radius 1 is 1.00 bits per heavy atom. The van der Waals surface area contributed by atoms with Gasteiger partial charge in [0.15, 0.2) is 17.6 Å². The predicted octanol–water partition coefficient (Wildman–Crippen LogP) is 4.90. The van der Waals surface area contributed by atoms with Crippen molar-refractivity contribution in [2.24, 2.45) is 5.92 Å². The number of carbonyl (C=O) groups excluding carboxylic acids is 2. The molecule has 5 rings (SSSR count). The van der Waals surface area contributed by atoms with Gasteiger partial charge in [-0.05, 0) is 37.1 Å². The fourth-order valence-corrected chi connectivity index (χ4v) is 6.27. The summed E-state index contributed by atoms with van der Waals surface area (Å²) in [5, 5.41) is 0. The minimum atomic E-state index is -6.28. The number of hydrogen-bond acceptors (Lipinski definition) is 6. The number of piperidine rings is 1. The van der Waals surface area contributed by atoms with E-state index in [1.54, 1.807) is 6.08 Å².